The molecule has 3 fully saturated rings. The fourth-order valence-corrected chi connectivity index (χ4v) is 5.66. The van der Waals surface area contributed by atoms with Crippen LogP contribution in [0.15, 0.2) is 60.7 Å². The van der Waals surface area contributed by atoms with Gasteiger partial charge in [0.1, 0.15) is 0 Å². The second-order valence-corrected chi connectivity index (χ2v) is 9.11. The highest BCUT2D eigenvalue weighted by Gasteiger charge is 2.61. The molecule has 0 N–H and O–H groups in total. The molecule has 0 unspecified atom stereocenters. The van der Waals surface area contributed by atoms with Crippen LogP contribution in [0.25, 0.3) is 11.5 Å². The predicted octanol–water partition coefficient (Wildman–Crippen LogP) is 6.12. The summed E-state index contributed by atoms with van der Waals surface area (Å²) >= 11 is 0. The lowest BCUT2D eigenvalue weighted by Gasteiger charge is -2.62. The zero-order valence-corrected chi connectivity index (χ0v) is 16.4. The van der Waals surface area contributed by atoms with Crippen LogP contribution in [0.1, 0.15) is 44.7 Å². The minimum Gasteiger partial charge on any atom is -0.523 e. The topological polar surface area (TPSA) is 18.5 Å². The first-order chi connectivity index (χ1) is 13.1. The van der Waals surface area contributed by atoms with Crippen molar-refractivity contribution in [2.45, 2.75) is 39.4 Å². The molecule has 0 spiro atoms. The van der Waals surface area contributed by atoms with Crippen LogP contribution in [0.2, 0.25) is 5.82 Å². The summed E-state index contributed by atoms with van der Waals surface area (Å²) in [5.41, 5.74) is 2.66. The Morgan fingerprint density at radius 1 is 0.815 bits per heavy atom. The fraction of sp³-hybridized carbons (Fsp3) is 0.417. The molecule has 2 aromatic carbocycles. The number of benzene rings is 2. The van der Waals surface area contributed by atoms with E-state index in [0.717, 1.165) is 34.5 Å². The average molecular weight is 358 g/mol. The van der Waals surface area contributed by atoms with Gasteiger partial charge in [0.15, 0.2) is 11.5 Å². The van der Waals surface area contributed by atoms with Gasteiger partial charge in [-0.2, -0.15) is 0 Å². The summed E-state index contributed by atoms with van der Waals surface area (Å²) in [5, 5.41) is 0. The normalized spacial score (nSPS) is 31.1. The highest BCUT2D eigenvalue weighted by atomic mass is 16.6. The maximum atomic E-state index is 6.52. The predicted molar refractivity (Wildman–Crippen MR) is 111 cm³/mol. The van der Waals surface area contributed by atoms with Gasteiger partial charge < -0.3 is 9.31 Å². The van der Waals surface area contributed by atoms with Crippen LogP contribution < -0.4 is 0 Å². The Morgan fingerprint density at radius 2 is 1.33 bits per heavy atom. The van der Waals surface area contributed by atoms with Crippen molar-refractivity contribution in [3.63, 3.8) is 0 Å². The molecule has 1 heterocycles. The Balaban J connectivity index is 1.46. The monoisotopic (exact) mass is 358 g/mol. The third kappa shape index (κ3) is 2.62. The van der Waals surface area contributed by atoms with Gasteiger partial charge in [-0.05, 0) is 36.0 Å². The molecule has 0 saturated heterocycles. The highest BCUT2D eigenvalue weighted by Crippen LogP contribution is 2.65. The van der Waals surface area contributed by atoms with E-state index in [4.69, 9.17) is 9.31 Å². The number of rotatable bonds is 3. The van der Waals surface area contributed by atoms with Crippen molar-refractivity contribution in [3.8, 4) is 0 Å². The average Bonchev–Trinajstić information content (AvgIpc) is 3.14. The summed E-state index contributed by atoms with van der Waals surface area (Å²) < 4.78 is 13.0. The van der Waals surface area contributed by atoms with E-state index in [0.29, 0.717) is 17.2 Å². The van der Waals surface area contributed by atoms with Crippen molar-refractivity contribution in [2.24, 2.45) is 23.2 Å². The molecule has 0 aromatic heterocycles. The molecule has 2 nitrogen and oxygen atoms in total. The van der Waals surface area contributed by atoms with Crippen LogP contribution in [0.4, 0.5) is 0 Å². The SMILES string of the molecule is C[C@@H]1[C@H]2C[C@@H](C[C@H]1B1OC(c3ccccc3)=C(c3ccccc3)O1)C2(C)C. The molecule has 2 aromatic rings. The van der Waals surface area contributed by atoms with Gasteiger partial charge in [-0.3, -0.25) is 0 Å². The molecule has 1 aliphatic heterocycles. The third-order valence-corrected chi connectivity index (χ3v) is 7.51. The van der Waals surface area contributed by atoms with Crippen molar-refractivity contribution in [1.82, 2.24) is 0 Å². The van der Waals surface area contributed by atoms with E-state index >= 15 is 0 Å². The smallest absolute Gasteiger partial charge is 0.523 e. The summed E-state index contributed by atoms with van der Waals surface area (Å²) in [6.07, 6.45) is 2.58. The standard InChI is InChI=1S/C24H27BO2/c1-16-20-14-19(24(20,2)3)15-21(16)25-26-22(17-10-6-4-7-11-17)23(27-25)18-12-8-5-9-13-18/h4-13,16,19-21H,14-15H2,1-3H3/t16-,19+,20-,21-/m1/s1. The minimum absolute atomic E-state index is 0.174. The molecule has 3 heteroatoms. The third-order valence-electron chi connectivity index (χ3n) is 7.51. The van der Waals surface area contributed by atoms with Gasteiger partial charge in [0.05, 0.1) is 0 Å². The van der Waals surface area contributed by atoms with Crippen molar-refractivity contribution in [3.05, 3.63) is 71.8 Å². The van der Waals surface area contributed by atoms with Gasteiger partial charge in [0.25, 0.3) is 0 Å². The Hall–Kier alpha value is -2.16. The molecular weight excluding hydrogens is 331 g/mol. The van der Waals surface area contributed by atoms with E-state index in [1.807, 2.05) is 12.1 Å². The molecule has 3 aliphatic carbocycles. The summed E-state index contributed by atoms with van der Waals surface area (Å²) in [6.45, 7) is 7.29. The van der Waals surface area contributed by atoms with E-state index < -0.39 is 0 Å². The molecule has 4 aliphatic rings. The van der Waals surface area contributed by atoms with Crippen LogP contribution in [-0.2, 0) is 9.31 Å². The van der Waals surface area contributed by atoms with Crippen LogP contribution in [0.3, 0.4) is 0 Å². The molecule has 27 heavy (non-hydrogen) atoms. The lowest BCUT2D eigenvalue weighted by atomic mass is 9.39. The molecule has 6 rings (SSSR count). The van der Waals surface area contributed by atoms with E-state index in [2.05, 4.69) is 69.3 Å². The lowest BCUT2D eigenvalue weighted by Crippen LogP contribution is -2.56. The van der Waals surface area contributed by atoms with Gasteiger partial charge in [0.2, 0.25) is 0 Å². The molecule has 3 saturated carbocycles. The van der Waals surface area contributed by atoms with E-state index in [1.165, 1.54) is 12.8 Å². The van der Waals surface area contributed by atoms with Crippen LogP contribution in [-0.4, -0.2) is 7.12 Å². The molecule has 138 valence electrons. The Bertz CT molecular complexity index is 807. The van der Waals surface area contributed by atoms with Gasteiger partial charge in [0, 0.05) is 16.9 Å². The quantitative estimate of drug-likeness (QED) is 0.616. The molecular formula is C24H27BO2. The summed E-state index contributed by atoms with van der Waals surface area (Å²) in [7, 11) is -0.174. The van der Waals surface area contributed by atoms with Gasteiger partial charge in [-0.25, -0.2) is 0 Å². The largest absolute Gasteiger partial charge is 0.598 e. The highest BCUT2D eigenvalue weighted by molar-refractivity contribution is 6.51. The molecule has 4 atom stereocenters. The second-order valence-electron chi connectivity index (χ2n) is 9.11. The van der Waals surface area contributed by atoms with Crippen molar-refractivity contribution in [2.75, 3.05) is 0 Å². The van der Waals surface area contributed by atoms with E-state index in [-0.39, 0.29) is 7.12 Å². The molecule has 2 bridgehead atoms. The Kier molecular flexibility index (Phi) is 3.89. The number of fused-ring (bicyclic) bond motifs is 2. The van der Waals surface area contributed by atoms with Crippen LogP contribution in [0.5, 0.6) is 0 Å². The van der Waals surface area contributed by atoms with Crippen LogP contribution >= 0.6 is 0 Å². The first-order valence-corrected chi connectivity index (χ1v) is 10.2. The van der Waals surface area contributed by atoms with E-state index in [9.17, 15) is 0 Å². The number of hydrogen-bond donors (Lipinski definition) is 0. The van der Waals surface area contributed by atoms with Gasteiger partial charge in [-0.15, -0.1) is 0 Å². The summed E-state index contributed by atoms with van der Waals surface area (Å²) in [6, 6.07) is 20.7. The van der Waals surface area contributed by atoms with Crippen molar-refractivity contribution < 1.29 is 9.31 Å². The molecule has 0 amide bonds. The summed E-state index contributed by atoms with van der Waals surface area (Å²) in [5.74, 6) is 4.45. The second kappa shape index (κ2) is 6.19. The first-order valence-electron chi connectivity index (χ1n) is 10.2. The maximum Gasteiger partial charge on any atom is 0.598 e. The minimum atomic E-state index is -0.174. The van der Waals surface area contributed by atoms with Crippen molar-refractivity contribution >= 4 is 18.6 Å². The maximum absolute atomic E-state index is 6.52. The summed E-state index contributed by atoms with van der Waals surface area (Å²) in [4.78, 5) is 0. The van der Waals surface area contributed by atoms with E-state index in [1.54, 1.807) is 0 Å². The van der Waals surface area contributed by atoms with Crippen molar-refractivity contribution in [1.29, 1.82) is 0 Å². The Morgan fingerprint density at radius 3 is 1.78 bits per heavy atom. The zero-order valence-electron chi connectivity index (χ0n) is 16.4. The number of hydrogen-bond acceptors (Lipinski definition) is 2. The zero-order chi connectivity index (χ0) is 18.6. The molecule has 0 radical (unpaired) electrons. The fourth-order valence-electron chi connectivity index (χ4n) is 5.66. The first kappa shape index (κ1) is 17.0. The van der Waals surface area contributed by atoms with Gasteiger partial charge >= 0.3 is 7.12 Å². The van der Waals surface area contributed by atoms with Crippen LogP contribution in [0, 0.1) is 23.2 Å². The lowest BCUT2D eigenvalue weighted by molar-refractivity contribution is -0.102. The van der Waals surface area contributed by atoms with Gasteiger partial charge in [-0.1, -0.05) is 81.4 Å². The Labute approximate surface area is 162 Å².